The number of fused-ring (bicyclic) bond motifs is 1. The van der Waals surface area contributed by atoms with Crippen molar-refractivity contribution in [2.75, 3.05) is 17.2 Å². The third-order valence-corrected chi connectivity index (χ3v) is 3.85. The van der Waals surface area contributed by atoms with E-state index in [0.717, 1.165) is 17.9 Å². The van der Waals surface area contributed by atoms with E-state index < -0.39 is 0 Å². The Kier molecular flexibility index (Phi) is 3.53. The van der Waals surface area contributed by atoms with Crippen molar-refractivity contribution in [3.8, 4) is 0 Å². The lowest BCUT2D eigenvalue weighted by Gasteiger charge is -2.26. The van der Waals surface area contributed by atoms with E-state index in [1.54, 1.807) is 0 Å². The molecule has 0 atom stereocenters. The standard InChI is InChI=1S/C19H20N2/c1-3-21(19-12-11-14(2)13-17(19)20)18-10-6-8-15-7-4-5-9-16(15)18/h4-13H,3,20H2,1-2H3. The van der Waals surface area contributed by atoms with Crippen LogP contribution in [0.1, 0.15) is 12.5 Å². The predicted octanol–water partition coefficient (Wildman–Crippen LogP) is 4.89. The molecule has 106 valence electrons. The molecule has 0 aliphatic heterocycles. The summed E-state index contributed by atoms with van der Waals surface area (Å²) in [6.07, 6.45) is 0. The van der Waals surface area contributed by atoms with Crippen LogP contribution in [0.25, 0.3) is 10.8 Å². The van der Waals surface area contributed by atoms with Crippen molar-refractivity contribution in [1.82, 2.24) is 0 Å². The van der Waals surface area contributed by atoms with E-state index in [9.17, 15) is 0 Å². The van der Waals surface area contributed by atoms with Crippen LogP contribution < -0.4 is 10.6 Å². The van der Waals surface area contributed by atoms with Gasteiger partial charge < -0.3 is 10.6 Å². The molecule has 0 aromatic heterocycles. The lowest BCUT2D eigenvalue weighted by molar-refractivity contribution is 1.03. The molecule has 0 saturated carbocycles. The molecule has 2 N–H and O–H groups in total. The van der Waals surface area contributed by atoms with E-state index in [2.05, 4.69) is 73.3 Å². The van der Waals surface area contributed by atoms with Crippen LogP contribution in [0.5, 0.6) is 0 Å². The van der Waals surface area contributed by atoms with Gasteiger partial charge in [-0.15, -0.1) is 0 Å². The summed E-state index contributed by atoms with van der Waals surface area (Å²) in [6.45, 7) is 5.09. The Morgan fingerprint density at radius 2 is 1.67 bits per heavy atom. The molecule has 0 bridgehead atoms. The van der Waals surface area contributed by atoms with E-state index in [4.69, 9.17) is 5.73 Å². The van der Waals surface area contributed by atoms with E-state index >= 15 is 0 Å². The smallest absolute Gasteiger partial charge is 0.0644 e. The SMILES string of the molecule is CCN(c1ccc(C)cc1N)c1cccc2ccccc12. The van der Waals surface area contributed by atoms with Gasteiger partial charge in [-0.25, -0.2) is 0 Å². The highest BCUT2D eigenvalue weighted by atomic mass is 15.1. The molecule has 0 aliphatic carbocycles. The van der Waals surface area contributed by atoms with Crippen molar-refractivity contribution in [3.05, 3.63) is 66.2 Å². The number of hydrogen-bond acceptors (Lipinski definition) is 2. The van der Waals surface area contributed by atoms with E-state index in [0.29, 0.717) is 0 Å². The van der Waals surface area contributed by atoms with E-state index in [1.165, 1.54) is 22.0 Å². The van der Waals surface area contributed by atoms with Crippen molar-refractivity contribution in [2.45, 2.75) is 13.8 Å². The molecule has 3 aromatic carbocycles. The van der Waals surface area contributed by atoms with Gasteiger partial charge in [-0.3, -0.25) is 0 Å². The molecule has 21 heavy (non-hydrogen) atoms. The maximum atomic E-state index is 6.24. The first-order valence-corrected chi connectivity index (χ1v) is 7.32. The zero-order valence-corrected chi connectivity index (χ0v) is 12.5. The minimum Gasteiger partial charge on any atom is -0.397 e. The highest BCUT2D eigenvalue weighted by Gasteiger charge is 2.13. The zero-order chi connectivity index (χ0) is 14.8. The quantitative estimate of drug-likeness (QED) is 0.690. The van der Waals surface area contributed by atoms with Crippen LogP contribution in [-0.2, 0) is 0 Å². The minimum absolute atomic E-state index is 0.824. The molecular weight excluding hydrogens is 256 g/mol. The Morgan fingerprint density at radius 1 is 0.905 bits per heavy atom. The Labute approximate surface area is 125 Å². The average molecular weight is 276 g/mol. The maximum Gasteiger partial charge on any atom is 0.0644 e. The van der Waals surface area contributed by atoms with Crippen molar-refractivity contribution in [3.63, 3.8) is 0 Å². The number of benzene rings is 3. The molecule has 0 aliphatic rings. The summed E-state index contributed by atoms with van der Waals surface area (Å²) in [5, 5.41) is 2.50. The summed E-state index contributed by atoms with van der Waals surface area (Å²) in [4.78, 5) is 2.27. The molecule has 3 rings (SSSR count). The van der Waals surface area contributed by atoms with Gasteiger partial charge in [0.15, 0.2) is 0 Å². The molecule has 2 nitrogen and oxygen atoms in total. The van der Waals surface area contributed by atoms with Gasteiger partial charge >= 0.3 is 0 Å². The third-order valence-electron chi connectivity index (χ3n) is 3.85. The summed E-state index contributed by atoms with van der Waals surface area (Å²) in [5.41, 5.74) is 10.5. The fraction of sp³-hybridized carbons (Fsp3) is 0.158. The summed E-state index contributed by atoms with van der Waals surface area (Å²) in [7, 11) is 0. The fourth-order valence-electron chi connectivity index (χ4n) is 2.83. The molecular formula is C19H20N2. The number of nitrogens with zero attached hydrogens (tertiary/aromatic N) is 1. The number of anilines is 3. The van der Waals surface area contributed by atoms with Crippen LogP contribution in [-0.4, -0.2) is 6.54 Å². The minimum atomic E-state index is 0.824. The third kappa shape index (κ3) is 2.45. The number of aryl methyl sites for hydroxylation is 1. The molecule has 0 heterocycles. The number of rotatable bonds is 3. The highest BCUT2D eigenvalue weighted by Crippen LogP contribution is 2.35. The predicted molar refractivity (Wildman–Crippen MR) is 92.2 cm³/mol. The second-order valence-corrected chi connectivity index (χ2v) is 5.30. The van der Waals surface area contributed by atoms with Gasteiger partial charge in [0.05, 0.1) is 11.4 Å². The summed E-state index contributed by atoms with van der Waals surface area (Å²) >= 11 is 0. The number of nitrogen functional groups attached to an aromatic ring is 1. The molecule has 2 heteroatoms. The topological polar surface area (TPSA) is 29.3 Å². The number of hydrogen-bond donors (Lipinski definition) is 1. The van der Waals surface area contributed by atoms with Gasteiger partial charge in [-0.05, 0) is 43.0 Å². The molecule has 0 fully saturated rings. The highest BCUT2D eigenvalue weighted by molar-refractivity contribution is 5.97. The lowest BCUT2D eigenvalue weighted by Crippen LogP contribution is -2.17. The van der Waals surface area contributed by atoms with Crippen LogP contribution in [0.15, 0.2) is 60.7 Å². The molecule has 3 aromatic rings. The monoisotopic (exact) mass is 276 g/mol. The Bertz CT molecular complexity index is 772. The van der Waals surface area contributed by atoms with Crippen LogP contribution in [0.4, 0.5) is 17.1 Å². The van der Waals surface area contributed by atoms with Crippen molar-refractivity contribution >= 4 is 27.8 Å². The zero-order valence-electron chi connectivity index (χ0n) is 12.5. The van der Waals surface area contributed by atoms with E-state index in [1.807, 2.05) is 6.07 Å². The number of nitrogens with two attached hydrogens (primary N) is 1. The van der Waals surface area contributed by atoms with Crippen molar-refractivity contribution in [2.24, 2.45) is 0 Å². The second kappa shape index (κ2) is 5.49. The Hall–Kier alpha value is -2.48. The molecule has 0 amide bonds. The molecule has 0 radical (unpaired) electrons. The van der Waals surface area contributed by atoms with Gasteiger partial charge in [-0.1, -0.05) is 42.5 Å². The normalized spacial score (nSPS) is 10.8. The maximum absolute atomic E-state index is 6.24. The van der Waals surface area contributed by atoms with Gasteiger partial charge in [0.2, 0.25) is 0 Å². The van der Waals surface area contributed by atoms with Crippen molar-refractivity contribution in [1.29, 1.82) is 0 Å². The van der Waals surface area contributed by atoms with Crippen molar-refractivity contribution < 1.29 is 0 Å². The lowest BCUT2D eigenvalue weighted by atomic mass is 10.1. The van der Waals surface area contributed by atoms with Crippen LogP contribution >= 0.6 is 0 Å². The van der Waals surface area contributed by atoms with Crippen LogP contribution in [0, 0.1) is 6.92 Å². The first-order chi connectivity index (χ1) is 10.2. The first kappa shape index (κ1) is 13.5. The summed E-state index contributed by atoms with van der Waals surface area (Å²) < 4.78 is 0. The Morgan fingerprint density at radius 3 is 2.43 bits per heavy atom. The van der Waals surface area contributed by atoms with Gasteiger partial charge in [0.25, 0.3) is 0 Å². The average Bonchev–Trinajstić information content (AvgIpc) is 2.50. The van der Waals surface area contributed by atoms with Gasteiger partial charge in [0.1, 0.15) is 0 Å². The molecule has 0 spiro atoms. The van der Waals surface area contributed by atoms with Crippen LogP contribution in [0.3, 0.4) is 0 Å². The second-order valence-electron chi connectivity index (χ2n) is 5.30. The fourth-order valence-corrected chi connectivity index (χ4v) is 2.83. The van der Waals surface area contributed by atoms with Crippen LogP contribution in [0.2, 0.25) is 0 Å². The van der Waals surface area contributed by atoms with Gasteiger partial charge in [0, 0.05) is 17.6 Å². The Balaban J connectivity index is 2.18. The first-order valence-electron chi connectivity index (χ1n) is 7.32. The van der Waals surface area contributed by atoms with E-state index in [-0.39, 0.29) is 0 Å². The van der Waals surface area contributed by atoms with Gasteiger partial charge in [-0.2, -0.15) is 0 Å². The summed E-state index contributed by atoms with van der Waals surface area (Å²) in [6, 6.07) is 21.1. The largest absolute Gasteiger partial charge is 0.397 e. The molecule has 0 saturated heterocycles. The molecule has 0 unspecified atom stereocenters. The summed E-state index contributed by atoms with van der Waals surface area (Å²) in [5.74, 6) is 0.